The van der Waals surface area contributed by atoms with E-state index in [1.807, 2.05) is 18.2 Å². The third kappa shape index (κ3) is 4.60. The molecule has 3 amide bonds. The molecule has 1 aromatic carbocycles. The number of carbonyl (C=O) groups is 3. The maximum absolute atomic E-state index is 14.0. The highest BCUT2D eigenvalue weighted by molar-refractivity contribution is 6.05. The Morgan fingerprint density at radius 2 is 0.718 bits per heavy atom. The Balaban J connectivity index is 1.21. The second-order valence-electron chi connectivity index (χ2n) is 13.5. The van der Waals surface area contributed by atoms with Gasteiger partial charge in [-0.25, -0.2) is 0 Å². The molecule has 0 aromatic heterocycles. The topological polar surface area (TPSA) is 60.9 Å². The molecule has 0 spiro atoms. The van der Waals surface area contributed by atoms with Crippen LogP contribution in [0, 0.1) is 17.8 Å². The summed E-state index contributed by atoms with van der Waals surface area (Å²) in [5.41, 5.74) is 1.61. The molecule has 1 aromatic rings. The number of likely N-dealkylation sites (tertiary alicyclic amines) is 3. The average Bonchev–Trinajstić information content (AvgIpc) is 3.72. The number of fused-ring (bicyclic) bond motifs is 3. The van der Waals surface area contributed by atoms with Crippen LogP contribution >= 0.6 is 0 Å². The van der Waals surface area contributed by atoms with Gasteiger partial charge in [-0.1, -0.05) is 38.5 Å². The molecular formula is C33H45N3O3. The van der Waals surface area contributed by atoms with Crippen molar-refractivity contribution in [3.05, 3.63) is 34.9 Å². The van der Waals surface area contributed by atoms with Gasteiger partial charge in [0.1, 0.15) is 0 Å². The van der Waals surface area contributed by atoms with E-state index in [1.54, 1.807) is 0 Å². The van der Waals surface area contributed by atoms with Gasteiger partial charge in [0, 0.05) is 54.5 Å². The van der Waals surface area contributed by atoms with Crippen LogP contribution in [0.25, 0.3) is 0 Å². The molecule has 6 atom stereocenters. The minimum atomic E-state index is 0.0158. The van der Waals surface area contributed by atoms with Crippen LogP contribution in [-0.2, 0) is 0 Å². The quantitative estimate of drug-likeness (QED) is 0.488. The molecule has 3 aliphatic heterocycles. The molecule has 6 nitrogen and oxygen atoms in total. The van der Waals surface area contributed by atoms with Gasteiger partial charge in [-0.05, 0) is 93.7 Å². The number of rotatable bonds is 3. The lowest BCUT2D eigenvalue weighted by atomic mass is 9.85. The number of hydrogen-bond acceptors (Lipinski definition) is 3. The van der Waals surface area contributed by atoms with Gasteiger partial charge in [-0.2, -0.15) is 0 Å². The second kappa shape index (κ2) is 10.6. The molecule has 3 heterocycles. The van der Waals surface area contributed by atoms with E-state index in [2.05, 4.69) is 14.7 Å². The van der Waals surface area contributed by atoms with E-state index in [4.69, 9.17) is 0 Å². The van der Waals surface area contributed by atoms with Gasteiger partial charge < -0.3 is 14.7 Å². The maximum atomic E-state index is 14.0. The van der Waals surface area contributed by atoms with Gasteiger partial charge in [-0.15, -0.1) is 0 Å². The first-order chi connectivity index (χ1) is 19.1. The summed E-state index contributed by atoms with van der Waals surface area (Å²) >= 11 is 0. The van der Waals surface area contributed by atoms with E-state index >= 15 is 0 Å². The zero-order valence-corrected chi connectivity index (χ0v) is 23.5. The van der Waals surface area contributed by atoms with Crippen molar-refractivity contribution in [2.75, 3.05) is 19.6 Å². The smallest absolute Gasteiger partial charge is 0.254 e. The molecule has 39 heavy (non-hydrogen) atoms. The molecule has 6 aliphatic rings. The molecule has 0 N–H and O–H groups in total. The molecule has 0 bridgehead atoms. The molecule has 7 rings (SSSR count). The summed E-state index contributed by atoms with van der Waals surface area (Å²) in [6.45, 7) is 2.38. The van der Waals surface area contributed by atoms with E-state index in [9.17, 15) is 14.4 Å². The van der Waals surface area contributed by atoms with Gasteiger partial charge in [0.05, 0.1) is 0 Å². The van der Waals surface area contributed by atoms with Gasteiger partial charge >= 0.3 is 0 Å². The van der Waals surface area contributed by atoms with E-state index in [0.29, 0.717) is 52.6 Å². The van der Waals surface area contributed by atoms with Crippen molar-refractivity contribution in [2.24, 2.45) is 17.8 Å². The predicted octanol–water partition coefficient (Wildman–Crippen LogP) is 5.90. The highest BCUT2D eigenvalue weighted by Gasteiger charge is 2.42. The fourth-order valence-corrected chi connectivity index (χ4v) is 9.47. The Labute approximate surface area is 233 Å². The van der Waals surface area contributed by atoms with Crippen LogP contribution in [-0.4, -0.2) is 70.2 Å². The standard InChI is InChI=1S/C33H45N3O3/c37-31(34-16-13-22-7-1-4-10-28(22)34)25-19-26(32(38)35-17-14-23-8-2-5-11-29(23)35)21-27(20-25)33(39)36-18-15-24-9-3-6-12-30(24)36/h19-24,28-30H,1-18H2. The normalized spacial score (nSPS) is 34.0. The van der Waals surface area contributed by atoms with E-state index < -0.39 is 0 Å². The number of amides is 3. The summed E-state index contributed by atoms with van der Waals surface area (Å²) in [6.07, 6.45) is 17.5. The maximum Gasteiger partial charge on any atom is 0.254 e. The highest BCUT2D eigenvalue weighted by Crippen LogP contribution is 2.40. The van der Waals surface area contributed by atoms with Gasteiger partial charge in [0.25, 0.3) is 17.7 Å². The summed E-state index contributed by atoms with van der Waals surface area (Å²) in [5.74, 6) is 1.86. The van der Waals surface area contributed by atoms with Crippen LogP contribution in [0.5, 0.6) is 0 Å². The monoisotopic (exact) mass is 531 g/mol. The molecule has 6 fully saturated rings. The minimum Gasteiger partial charge on any atom is -0.335 e. The van der Waals surface area contributed by atoms with E-state index in [-0.39, 0.29) is 17.7 Å². The number of nitrogens with zero attached hydrogens (tertiary/aromatic N) is 3. The van der Waals surface area contributed by atoms with Gasteiger partial charge in [0.15, 0.2) is 0 Å². The lowest BCUT2D eigenvalue weighted by Gasteiger charge is -2.33. The fourth-order valence-electron chi connectivity index (χ4n) is 9.47. The molecule has 3 saturated carbocycles. The van der Waals surface area contributed by atoms with E-state index in [1.165, 1.54) is 57.8 Å². The fraction of sp³-hybridized carbons (Fsp3) is 0.727. The van der Waals surface area contributed by atoms with Crippen molar-refractivity contribution in [1.29, 1.82) is 0 Å². The van der Waals surface area contributed by atoms with Gasteiger partial charge in [0.2, 0.25) is 0 Å². The molecule has 210 valence electrons. The summed E-state index contributed by atoms with van der Waals surface area (Å²) in [6, 6.07) is 6.40. The van der Waals surface area contributed by atoms with Crippen LogP contribution < -0.4 is 0 Å². The molecule has 3 aliphatic carbocycles. The Bertz CT molecular complexity index is 983. The largest absolute Gasteiger partial charge is 0.335 e. The van der Waals surface area contributed by atoms with E-state index in [0.717, 1.165) is 58.2 Å². The summed E-state index contributed by atoms with van der Waals surface area (Å²) in [7, 11) is 0. The molecule has 6 heteroatoms. The van der Waals surface area contributed by atoms with Crippen LogP contribution in [0.15, 0.2) is 18.2 Å². The van der Waals surface area contributed by atoms with Crippen LogP contribution in [0.1, 0.15) is 127 Å². The first kappa shape index (κ1) is 25.6. The van der Waals surface area contributed by atoms with Crippen molar-refractivity contribution in [1.82, 2.24) is 14.7 Å². The third-order valence-electron chi connectivity index (χ3n) is 11.5. The Morgan fingerprint density at radius 3 is 1.03 bits per heavy atom. The first-order valence-corrected chi connectivity index (χ1v) is 16.2. The zero-order valence-electron chi connectivity index (χ0n) is 23.5. The first-order valence-electron chi connectivity index (χ1n) is 16.2. The number of benzene rings is 1. The summed E-state index contributed by atoms with van der Waals surface area (Å²) in [4.78, 5) is 48.3. The molecular weight excluding hydrogens is 486 g/mol. The number of hydrogen-bond donors (Lipinski definition) is 0. The van der Waals surface area contributed by atoms with Crippen molar-refractivity contribution in [2.45, 2.75) is 114 Å². The Hall–Kier alpha value is -2.37. The lowest BCUT2D eigenvalue weighted by molar-refractivity contribution is 0.0686. The van der Waals surface area contributed by atoms with Crippen molar-refractivity contribution in [3.63, 3.8) is 0 Å². The third-order valence-corrected chi connectivity index (χ3v) is 11.5. The number of carbonyl (C=O) groups excluding carboxylic acids is 3. The SMILES string of the molecule is O=C(c1cc(C(=O)N2CCC3CCCCC32)cc(C(=O)N2CCC3CCCCC32)c1)N1CCC2CCCCC21. The van der Waals surface area contributed by atoms with Crippen molar-refractivity contribution in [3.8, 4) is 0 Å². The zero-order chi connectivity index (χ0) is 26.5. The Morgan fingerprint density at radius 1 is 0.436 bits per heavy atom. The van der Waals surface area contributed by atoms with Crippen LogP contribution in [0.4, 0.5) is 0 Å². The van der Waals surface area contributed by atoms with Crippen molar-refractivity contribution >= 4 is 17.7 Å². The van der Waals surface area contributed by atoms with Crippen molar-refractivity contribution < 1.29 is 14.4 Å². The van der Waals surface area contributed by atoms with Gasteiger partial charge in [-0.3, -0.25) is 14.4 Å². The molecule has 6 unspecified atom stereocenters. The summed E-state index contributed by atoms with van der Waals surface area (Å²) in [5, 5.41) is 0. The minimum absolute atomic E-state index is 0.0158. The Kier molecular flexibility index (Phi) is 6.92. The second-order valence-corrected chi connectivity index (χ2v) is 13.5. The summed E-state index contributed by atoms with van der Waals surface area (Å²) < 4.78 is 0. The lowest BCUT2D eigenvalue weighted by Crippen LogP contribution is -2.41. The molecule has 3 saturated heterocycles. The highest BCUT2D eigenvalue weighted by atomic mass is 16.2. The molecule has 0 radical (unpaired) electrons. The average molecular weight is 532 g/mol. The predicted molar refractivity (Wildman–Crippen MR) is 151 cm³/mol. The van der Waals surface area contributed by atoms with Crippen LogP contribution in [0.3, 0.4) is 0 Å². The van der Waals surface area contributed by atoms with Crippen LogP contribution in [0.2, 0.25) is 0 Å².